The van der Waals surface area contributed by atoms with Gasteiger partial charge in [-0.15, -0.1) is 11.3 Å². The largest absolute Gasteiger partial charge is 0.367 e. The highest BCUT2D eigenvalue weighted by Gasteiger charge is 2.38. The summed E-state index contributed by atoms with van der Waals surface area (Å²) in [7, 11) is 0. The first-order valence-electron chi connectivity index (χ1n) is 11.6. The van der Waals surface area contributed by atoms with E-state index in [2.05, 4.69) is 6.07 Å². The van der Waals surface area contributed by atoms with E-state index in [0.29, 0.717) is 13.2 Å². The van der Waals surface area contributed by atoms with Crippen molar-refractivity contribution in [1.29, 1.82) is 0 Å². The van der Waals surface area contributed by atoms with Gasteiger partial charge in [-0.2, -0.15) is 0 Å². The van der Waals surface area contributed by atoms with Crippen molar-refractivity contribution in [3.8, 4) is 0 Å². The van der Waals surface area contributed by atoms with Crippen molar-refractivity contribution in [2.75, 3.05) is 19.7 Å². The van der Waals surface area contributed by atoms with Crippen molar-refractivity contribution in [2.45, 2.75) is 38.0 Å². The summed E-state index contributed by atoms with van der Waals surface area (Å²) >= 11 is 1.69. The number of ether oxygens (including phenoxy) is 1. The van der Waals surface area contributed by atoms with Gasteiger partial charge in [0.15, 0.2) is 0 Å². The molecule has 3 aromatic rings. The summed E-state index contributed by atoms with van der Waals surface area (Å²) in [6.45, 7) is 0.925. The number of benzene rings is 2. The normalized spacial score (nSPS) is 17.3. The molecule has 2 amide bonds. The summed E-state index contributed by atoms with van der Waals surface area (Å²) in [6.07, 6.45) is 2.61. The van der Waals surface area contributed by atoms with Crippen LogP contribution in [0.25, 0.3) is 0 Å². The van der Waals surface area contributed by atoms with E-state index < -0.39 is 0 Å². The Kier molecular flexibility index (Phi) is 6.74. The highest BCUT2D eigenvalue weighted by atomic mass is 32.1. The molecule has 2 aromatic carbocycles. The molecule has 5 rings (SSSR count). The highest BCUT2D eigenvalue weighted by Crippen LogP contribution is 2.38. The summed E-state index contributed by atoms with van der Waals surface area (Å²) in [5.74, 6) is -0.545. The van der Waals surface area contributed by atoms with Crippen LogP contribution in [-0.2, 0) is 27.4 Å². The van der Waals surface area contributed by atoms with Gasteiger partial charge in [0.25, 0.3) is 0 Å². The van der Waals surface area contributed by atoms with Gasteiger partial charge < -0.3 is 14.5 Å². The van der Waals surface area contributed by atoms with Crippen LogP contribution in [0.15, 0.2) is 66.0 Å². The van der Waals surface area contributed by atoms with E-state index in [-0.39, 0.29) is 42.9 Å². The second-order valence-corrected chi connectivity index (χ2v) is 9.82. The molecule has 1 aliphatic carbocycles. The monoisotopic (exact) mass is 478 g/mol. The van der Waals surface area contributed by atoms with Crippen molar-refractivity contribution in [2.24, 2.45) is 0 Å². The third kappa shape index (κ3) is 5.05. The molecule has 7 heteroatoms. The summed E-state index contributed by atoms with van der Waals surface area (Å²) in [5, 5.41) is 2.04. The van der Waals surface area contributed by atoms with Crippen molar-refractivity contribution >= 4 is 23.2 Å². The SMILES string of the molecule is O=C(COCc1ccccc1)N(CC(=O)N1CCc2sccc2C1c1ccc(F)cc1)C1CC1. The van der Waals surface area contributed by atoms with Crippen LogP contribution in [0.2, 0.25) is 0 Å². The van der Waals surface area contributed by atoms with Gasteiger partial charge >= 0.3 is 0 Å². The number of fused-ring (bicyclic) bond motifs is 1. The lowest BCUT2D eigenvalue weighted by Crippen LogP contribution is -2.48. The van der Waals surface area contributed by atoms with Crippen LogP contribution in [0.5, 0.6) is 0 Å². The summed E-state index contributed by atoms with van der Waals surface area (Å²) in [4.78, 5) is 31.3. The molecule has 1 fully saturated rings. The first kappa shape index (κ1) is 22.7. The number of nitrogens with zero attached hydrogens (tertiary/aromatic N) is 2. The minimum absolute atomic E-state index is 0.0371. The zero-order chi connectivity index (χ0) is 23.5. The van der Waals surface area contributed by atoms with Gasteiger partial charge in [0.1, 0.15) is 19.0 Å². The molecule has 1 unspecified atom stereocenters. The zero-order valence-corrected chi connectivity index (χ0v) is 19.7. The Balaban J connectivity index is 1.29. The maximum Gasteiger partial charge on any atom is 0.249 e. The van der Waals surface area contributed by atoms with Crippen molar-refractivity contribution in [3.63, 3.8) is 0 Å². The number of halogens is 1. The predicted molar refractivity (Wildman–Crippen MR) is 129 cm³/mol. The Hall–Kier alpha value is -3.03. The molecule has 34 heavy (non-hydrogen) atoms. The van der Waals surface area contributed by atoms with E-state index in [0.717, 1.165) is 36.0 Å². The van der Waals surface area contributed by atoms with E-state index in [4.69, 9.17) is 4.74 Å². The number of hydrogen-bond donors (Lipinski definition) is 0. The molecule has 2 heterocycles. The molecule has 5 nitrogen and oxygen atoms in total. The van der Waals surface area contributed by atoms with Crippen molar-refractivity contribution in [1.82, 2.24) is 9.80 Å². The standard InChI is InChI=1S/C27H27FN2O3S/c28-21-8-6-20(7-9-21)27-23-13-15-34-24(23)12-14-29(27)25(31)16-30(22-10-11-22)26(32)18-33-17-19-4-2-1-3-5-19/h1-9,13,15,22,27H,10-12,14,16-18H2. The Labute approximate surface area is 202 Å². The maximum atomic E-state index is 13.6. The molecule has 0 radical (unpaired) electrons. The molecule has 1 aromatic heterocycles. The average molecular weight is 479 g/mol. The van der Waals surface area contributed by atoms with Gasteiger partial charge in [-0.25, -0.2) is 4.39 Å². The molecule has 176 valence electrons. The third-order valence-corrected chi connectivity index (χ3v) is 7.42. The van der Waals surface area contributed by atoms with Gasteiger partial charge in [-0.3, -0.25) is 9.59 Å². The number of carbonyl (C=O) groups is 2. The van der Waals surface area contributed by atoms with Gasteiger partial charge in [-0.1, -0.05) is 42.5 Å². The molecular weight excluding hydrogens is 451 g/mol. The quantitative estimate of drug-likeness (QED) is 0.477. The molecule has 0 saturated heterocycles. The molecule has 2 aliphatic rings. The number of hydrogen-bond acceptors (Lipinski definition) is 4. The fourth-order valence-electron chi connectivity index (χ4n) is 4.55. The Bertz CT molecular complexity index is 1140. The lowest BCUT2D eigenvalue weighted by molar-refractivity contribution is -0.145. The second kappa shape index (κ2) is 10.1. The Morgan fingerprint density at radius 3 is 2.56 bits per heavy atom. The second-order valence-electron chi connectivity index (χ2n) is 8.82. The Morgan fingerprint density at radius 1 is 1.06 bits per heavy atom. The van der Waals surface area contributed by atoms with E-state index in [1.807, 2.05) is 40.6 Å². The van der Waals surface area contributed by atoms with Gasteiger partial charge in [0, 0.05) is 17.5 Å². The first-order chi connectivity index (χ1) is 16.6. The van der Waals surface area contributed by atoms with Crippen molar-refractivity contribution < 1.29 is 18.7 Å². The minimum Gasteiger partial charge on any atom is -0.367 e. The zero-order valence-electron chi connectivity index (χ0n) is 18.9. The van der Waals surface area contributed by atoms with Crippen LogP contribution in [0.4, 0.5) is 4.39 Å². The number of thiophene rings is 1. The molecule has 0 spiro atoms. The number of carbonyl (C=O) groups excluding carboxylic acids is 2. The smallest absolute Gasteiger partial charge is 0.249 e. The van der Waals surface area contributed by atoms with Crippen LogP contribution >= 0.6 is 11.3 Å². The highest BCUT2D eigenvalue weighted by molar-refractivity contribution is 7.10. The molecular formula is C27H27FN2O3S. The molecule has 1 atom stereocenters. The van der Waals surface area contributed by atoms with Crippen LogP contribution in [0.3, 0.4) is 0 Å². The van der Waals surface area contributed by atoms with Crippen LogP contribution in [0.1, 0.15) is 40.5 Å². The van der Waals surface area contributed by atoms with E-state index in [1.54, 1.807) is 28.4 Å². The number of amides is 2. The molecule has 1 aliphatic heterocycles. The Morgan fingerprint density at radius 2 is 1.82 bits per heavy atom. The maximum absolute atomic E-state index is 13.6. The fourth-order valence-corrected chi connectivity index (χ4v) is 5.45. The predicted octanol–water partition coefficient (Wildman–Crippen LogP) is 4.57. The number of rotatable bonds is 8. The summed E-state index contributed by atoms with van der Waals surface area (Å²) in [5.41, 5.74) is 2.97. The molecule has 0 bridgehead atoms. The molecule has 0 N–H and O–H groups in total. The van der Waals surface area contributed by atoms with Crippen LogP contribution < -0.4 is 0 Å². The first-order valence-corrected chi connectivity index (χ1v) is 12.5. The lowest BCUT2D eigenvalue weighted by Gasteiger charge is -2.37. The average Bonchev–Trinajstić information content (AvgIpc) is 3.58. The minimum atomic E-state index is -0.302. The van der Waals surface area contributed by atoms with Gasteiger partial charge in [0.2, 0.25) is 11.8 Å². The van der Waals surface area contributed by atoms with E-state index >= 15 is 0 Å². The third-order valence-electron chi connectivity index (χ3n) is 6.42. The summed E-state index contributed by atoms with van der Waals surface area (Å²) < 4.78 is 19.2. The fraction of sp³-hybridized carbons (Fsp3) is 0.333. The van der Waals surface area contributed by atoms with Crippen LogP contribution in [-0.4, -0.2) is 47.4 Å². The summed E-state index contributed by atoms with van der Waals surface area (Å²) in [6, 6.07) is 18.0. The van der Waals surface area contributed by atoms with Gasteiger partial charge in [0.05, 0.1) is 12.6 Å². The van der Waals surface area contributed by atoms with Gasteiger partial charge in [-0.05, 0) is 59.5 Å². The molecule has 1 saturated carbocycles. The topological polar surface area (TPSA) is 49.9 Å². The van der Waals surface area contributed by atoms with E-state index in [9.17, 15) is 14.0 Å². The lowest BCUT2D eigenvalue weighted by atomic mass is 9.93. The van der Waals surface area contributed by atoms with Crippen molar-refractivity contribution in [3.05, 3.63) is 93.4 Å². The van der Waals surface area contributed by atoms with E-state index in [1.165, 1.54) is 17.0 Å². The van der Waals surface area contributed by atoms with Crippen LogP contribution in [0, 0.1) is 5.82 Å².